The fourth-order valence-corrected chi connectivity index (χ4v) is 5.39. The third-order valence-electron chi connectivity index (χ3n) is 3.36. The van der Waals surface area contributed by atoms with E-state index in [9.17, 15) is 13.5 Å². The molecule has 0 aliphatic heterocycles. The minimum Gasteiger partial charge on any atom is -0.391 e. The highest BCUT2D eigenvalue weighted by Gasteiger charge is 2.29. The normalized spacial score (nSPS) is 16.9. The SMILES string of the molecule is CCCC(O)[C@H](NS(=O)(=O)c1ccc(Br)s1)[C@@H](C)CC. The molecule has 0 saturated heterocycles. The summed E-state index contributed by atoms with van der Waals surface area (Å²) in [5.41, 5.74) is 0. The van der Waals surface area contributed by atoms with Crippen LogP contribution in [0.4, 0.5) is 0 Å². The van der Waals surface area contributed by atoms with Crippen LogP contribution in [0.1, 0.15) is 40.0 Å². The standard InChI is InChI=1S/C13H22BrNO3S2/c1-4-6-10(16)13(9(3)5-2)15-20(17,18)12-8-7-11(14)19-12/h7-10,13,15-16H,4-6H2,1-3H3/t9-,10?,13+/m0/s1. The van der Waals surface area contributed by atoms with Gasteiger partial charge in [0.15, 0.2) is 0 Å². The first kappa shape index (κ1) is 18.1. The van der Waals surface area contributed by atoms with Crippen molar-refractivity contribution < 1.29 is 13.5 Å². The molecular weight excluding hydrogens is 362 g/mol. The van der Waals surface area contributed by atoms with E-state index in [2.05, 4.69) is 20.7 Å². The van der Waals surface area contributed by atoms with E-state index in [1.165, 1.54) is 11.3 Å². The van der Waals surface area contributed by atoms with Crippen molar-refractivity contribution >= 4 is 37.3 Å². The largest absolute Gasteiger partial charge is 0.391 e. The maximum absolute atomic E-state index is 12.4. The zero-order chi connectivity index (χ0) is 15.3. The number of aliphatic hydroxyl groups is 1. The molecule has 7 heteroatoms. The summed E-state index contributed by atoms with van der Waals surface area (Å²) in [7, 11) is -3.58. The Morgan fingerprint density at radius 1 is 1.40 bits per heavy atom. The molecule has 0 spiro atoms. The molecule has 1 rings (SSSR count). The molecule has 0 saturated carbocycles. The molecule has 1 aromatic heterocycles. The van der Waals surface area contributed by atoms with E-state index in [0.717, 1.165) is 16.6 Å². The predicted octanol–water partition coefficient (Wildman–Crippen LogP) is 3.36. The van der Waals surface area contributed by atoms with Gasteiger partial charge < -0.3 is 5.11 Å². The molecule has 0 aromatic carbocycles. The molecule has 20 heavy (non-hydrogen) atoms. The monoisotopic (exact) mass is 383 g/mol. The lowest BCUT2D eigenvalue weighted by atomic mass is 9.93. The average Bonchev–Trinajstić information content (AvgIpc) is 2.83. The smallest absolute Gasteiger partial charge is 0.250 e. The highest BCUT2D eigenvalue weighted by Crippen LogP contribution is 2.27. The van der Waals surface area contributed by atoms with Gasteiger partial charge in [-0.3, -0.25) is 0 Å². The number of rotatable bonds is 8. The number of sulfonamides is 1. The second-order valence-corrected chi connectivity index (χ2v) is 9.35. The lowest BCUT2D eigenvalue weighted by molar-refractivity contribution is 0.102. The van der Waals surface area contributed by atoms with Gasteiger partial charge >= 0.3 is 0 Å². The van der Waals surface area contributed by atoms with Crippen LogP contribution in [0.5, 0.6) is 0 Å². The van der Waals surface area contributed by atoms with E-state index in [1.807, 2.05) is 20.8 Å². The van der Waals surface area contributed by atoms with Crippen molar-refractivity contribution in [3.63, 3.8) is 0 Å². The first-order valence-electron chi connectivity index (χ1n) is 6.77. The summed E-state index contributed by atoms with van der Waals surface area (Å²) < 4.78 is 28.4. The van der Waals surface area contributed by atoms with Gasteiger partial charge in [0.2, 0.25) is 10.0 Å². The minimum absolute atomic E-state index is 0.0785. The number of nitrogens with one attached hydrogen (secondary N) is 1. The van der Waals surface area contributed by atoms with Crippen molar-refractivity contribution in [2.24, 2.45) is 5.92 Å². The number of hydrogen-bond acceptors (Lipinski definition) is 4. The van der Waals surface area contributed by atoms with Gasteiger partial charge in [-0.05, 0) is 40.4 Å². The third kappa shape index (κ3) is 4.80. The summed E-state index contributed by atoms with van der Waals surface area (Å²) in [5, 5.41) is 10.2. The fourth-order valence-electron chi connectivity index (χ4n) is 1.98. The highest BCUT2D eigenvalue weighted by molar-refractivity contribution is 9.11. The molecule has 1 aromatic rings. The van der Waals surface area contributed by atoms with Gasteiger partial charge in [0.1, 0.15) is 4.21 Å². The van der Waals surface area contributed by atoms with Crippen molar-refractivity contribution in [3.8, 4) is 0 Å². The van der Waals surface area contributed by atoms with Crippen LogP contribution in [-0.2, 0) is 10.0 Å². The number of thiophene rings is 1. The van der Waals surface area contributed by atoms with E-state index in [0.29, 0.717) is 6.42 Å². The van der Waals surface area contributed by atoms with Gasteiger partial charge in [0.25, 0.3) is 0 Å². The van der Waals surface area contributed by atoms with Gasteiger partial charge in [-0.15, -0.1) is 11.3 Å². The second-order valence-electron chi connectivity index (χ2n) is 4.95. The Morgan fingerprint density at radius 3 is 2.50 bits per heavy atom. The zero-order valence-corrected chi connectivity index (χ0v) is 15.2. The van der Waals surface area contributed by atoms with E-state index < -0.39 is 22.2 Å². The van der Waals surface area contributed by atoms with Crippen molar-refractivity contribution in [2.45, 2.75) is 56.4 Å². The van der Waals surface area contributed by atoms with E-state index in [-0.39, 0.29) is 10.1 Å². The minimum atomic E-state index is -3.58. The van der Waals surface area contributed by atoms with E-state index >= 15 is 0 Å². The second kappa shape index (κ2) is 7.89. The maximum Gasteiger partial charge on any atom is 0.250 e. The van der Waals surface area contributed by atoms with Crippen molar-refractivity contribution in [1.82, 2.24) is 4.72 Å². The molecule has 0 aliphatic rings. The van der Waals surface area contributed by atoms with Gasteiger partial charge in [-0.1, -0.05) is 33.6 Å². The molecule has 0 fully saturated rings. The zero-order valence-electron chi connectivity index (χ0n) is 12.0. The molecule has 0 radical (unpaired) electrons. The Kier molecular flexibility index (Phi) is 7.14. The Morgan fingerprint density at radius 2 is 2.05 bits per heavy atom. The van der Waals surface area contributed by atoms with Gasteiger partial charge in [-0.25, -0.2) is 13.1 Å². The molecule has 3 atom stereocenters. The lowest BCUT2D eigenvalue weighted by Crippen LogP contribution is -2.47. The third-order valence-corrected chi connectivity index (χ3v) is 6.94. The van der Waals surface area contributed by atoms with Crippen LogP contribution in [0.3, 0.4) is 0 Å². The van der Waals surface area contributed by atoms with Crippen LogP contribution < -0.4 is 4.72 Å². The Balaban J connectivity index is 2.94. The summed E-state index contributed by atoms with van der Waals surface area (Å²) in [4.78, 5) is 0. The Bertz CT molecular complexity index is 515. The first-order chi connectivity index (χ1) is 9.31. The van der Waals surface area contributed by atoms with Crippen LogP contribution >= 0.6 is 27.3 Å². The van der Waals surface area contributed by atoms with Crippen LogP contribution in [0.2, 0.25) is 0 Å². The molecular formula is C13H22BrNO3S2. The topological polar surface area (TPSA) is 66.4 Å². The van der Waals surface area contributed by atoms with E-state index in [4.69, 9.17) is 0 Å². The van der Waals surface area contributed by atoms with Crippen LogP contribution in [-0.4, -0.2) is 25.7 Å². The van der Waals surface area contributed by atoms with Gasteiger partial charge in [0, 0.05) is 0 Å². The highest BCUT2D eigenvalue weighted by atomic mass is 79.9. The molecule has 4 nitrogen and oxygen atoms in total. The van der Waals surface area contributed by atoms with Crippen LogP contribution in [0.15, 0.2) is 20.1 Å². The molecule has 1 unspecified atom stereocenters. The fraction of sp³-hybridized carbons (Fsp3) is 0.692. The first-order valence-corrected chi connectivity index (χ1v) is 9.86. The summed E-state index contributed by atoms with van der Waals surface area (Å²) in [6.07, 6.45) is 1.56. The average molecular weight is 384 g/mol. The van der Waals surface area contributed by atoms with Crippen LogP contribution in [0.25, 0.3) is 0 Å². The summed E-state index contributed by atoms with van der Waals surface area (Å²) in [6, 6.07) is 2.82. The number of hydrogen-bond donors (Lipinski definition) is 2. The molecule has 0 bridgehead atoms. The summed E-state index contributed by atoms with van der Waals surface area (Å²) in [6.45, 7) is 5.92. The molecule has 2 N–H and O–H groups in total. The lowest BCUT2D eigenvalue weighted by Gasteiger charge is -2.28. The number of aliphatic hydroxyl groups excluding tert-OH is 1. The van der Waals surface area contributed by atoms with Crippen molar-refractivity contribution in [1.29, 1.82) is 0 Å². The molecule has 1 heterocycles. The van der Waals surface area contributed by atoms with Gasteiger partial charge in [-0.2, -0.15) is 0 Å². The number of halogens is 1. The summed E-state index contributed by atoms with van der Waals surface area (Å²) >= 11 is 4.43. The summed E-state index contributed by atoms with van der Waals surface area (Å²) in [5.74, 6) is 0.0785. The van der Waals surface area contributed by atoms with Crippen LogP contribution in [0, 0.1) is 5.92 Å². The Hall–Kier alpha value is 0.0500. The molecule has 0 aliphatic carbocycles. The van der Waals surface area contributed by atoms with Crippen molar-refractivity contribution in [2.75, 3.05) is 0 Å². The van der Waals surface area contributed by atoms with Crippen molar-refractivity contribution in [3.05, 3.63) is 15.9 Å². The molecule has 0 amide bonds. The van der Waals surface area contributed by atoms with E-state index in [1.54, 1.807) is 12.1 Å². The maximum atomic E-state index is 12.4. The Labute approximate surface area is 133 Å². The predicted molar refractivity (Wildman–Crippen MR) is 86.5 cm³/mol. The molecule has 116 valence electrons. The van der Waals surface area contributed by atoms with Gasteiger partial charge in [0.05, 0.1) is 15.9 Å². The quantitative estimate of drug-likeness (QED) is 0.722.